The molecule has 0 aliphatic carbocycles. The van der Waals surface area contributed by atoms with Gasteiger partial charge >= 0.3 is 5.97 Å². The Balaban J connectivity index is 1.25. The van der Waals surface area contributed by atoms with Crippen LogP contribution in [-0.4, -0.2) is 44.9 Å². The average Bonchev–Trinajstić information content (AvgIpc) is 3.36. The molecule has 0 unspecified atom stereocenters. The zero-order valence-electron chi connectivity index (χ0n) is 24.0. The number of carboxylic acids is 1. The van der Waals surface area contributed by atoms with Gasteiger partial charge in [-0.2, -0.15) is 0 Å². The fourth-order valence-corrected chi connectivity index (χ4v) is 5.77. The van der Waals surface area contributed by atoms with E-state index in [4.69, 9.17) is 30.8 Å². The number of carboxylic acid groups (broad SMARTS) is 1. The van der Waals surface area contributed by atoms with Crippen LogP contribution in [0.25, 0.3) is 27.1 Å². The Morgan fingerprint density at radius 3 is 2.70 bits per heavy atom. The van der Waals surface area contributed by atoms with Crippen LogP contribution < -0.4 is 4.74 Å². The molecule has 0 radical (unpaired) electrons. The number of aromatic carboxylic acids is 1. The smallest absolute Gasteiger partial charge is 0.335 e. The molecule has 0 saturated carbocycles. The van der Waals surface area contributed by atoms with Gasteiger partial charge in [0.2, 0.25) is 5.88 Å². The fraction of sp³-hybridized carbons (Fsp3) is 0.257. The van der Waals surface area contributed by atoms with Crippen molar-refractivity contribution in [2.24, 2.45) is 0 Å². The number of carbonyl (C=O) groups is 1. The molecule has 2 aromatic heterocycles. The van der Waals surface area contributed by atoms with E-state index in [1.54, 1.807) is 18.2 Å². The van der Waals surface area contributed by atoms with Gasteiger partial charge in [0.15, 0.2) is 5.69 Å². The molecule has 1 saturated heterocycles. The van der Waals surface area contributed by atoms with E-state index in [0.717, 1.165) is 63.4 Å². The Kier molecular flexibility index (Phi) is 7.52. The van der Waals surface area contributed by atoms with E-state index >= 15 is 0 Å². The van der Waals surface area contributed by atoms with Gasteiger partial charge in [0.1, 0.15) is 12.4 Å². The van der Waals surface area contributed by atoms with Gasteiger partial charge in [-0.05, 0) is 65.4 Å². The largest absolute Gasteiger partial charge is 0.478 e. The lowest BCUT2D eigenvalue weighted by Gasteiger charge is -2.27. The zero-order chi connectivity index (χ0) is 30.0. The minimum absolute atomic E-state index is 0.0789. The Morgan fingerprint density at radius 1 is 0.977 bits per heavy atom. The summed E-state index contributed by atoms with van der Waals surface area (Å²) in [7, 11) is 0. The summed E-state index contributed by atoms with van der Waals surface area (Å²) in [6, 6.07) is 22.8. The highest BCUT2D eigenvalue weighted by molar-refractivity contribution is 5.92. The van der Waals surface area contributed by atoms with Crippen LogP contribution in [0.5, 0.6) is 5.88 Å². The van der Waals surface area contributed by atoms with Gasteiger partial charge in [-0.1, -0.05) is 36.4 Å². The maximum atomic E-state index is 11.7. The Labute approximate surface area is 254 Å². The average molecular weight is 587 g/mol. The van der Waals surface area contributed by atoms with Crippen molar-refractivity contribution in [3.8, 4) is 17.1 Å². The van der Waals surface area contributed by atoms with Crippen molar-refractivity contribution in [3.63, 3.8) is 0 Å². The second kappa shape index (κ2) is 11.9. The van der Waals surface area contributed by atoms with E-state index in [2.05, 4.69) is 27.6 Å². The van der Waals surface area contributed by atoms with E-state index in [1.165, 1.54) is 0 Å². The summed E-state index contributed by atoms with van der Waals surface area (Å²) in [4.78, 5) is 25.1. The second-order valence-corrected chi connectivity index (χ2v) is 11.1. The number of pyridine rings is 1. The summed E-state index contributed by atoms with van der Waals surface area (Å²) in [5, 5.41) is 9.62. The summed E-state index contributed by atoms with van der Waals surface area (Å²) >= 11 is 0. The lowest BCUT2D eigenvalue weighted by Crippen LogP contribution is -2.31. The number of benzene rings is 3. The molecule has 4 bridgehead atoms. The Morgan fingerprint density at radius 2 is 1.89 bits per heavy atom. The van der Waals surface area contributed by atoms with Crippen LogP contribution in [0.2, 0.25) is 0 Å². The van der Waals surface area contributed by atoms with Crippen molar-refractivity contribution in [2.75, 3.05) is 13.2 Å². The maximum Gasteiger partial charge on any atom is 0.335 e. The van der Waals surface area contributed by atoms with Crippen LogP contribution in [0, 0.1) is 6.57 Å². The van der Waals surface area contributed by atoms with Crippen LogP contribution >= 0.6 is 0 Å². The summed E-state index contributed by atoms with van der Waals surface area (Å²) in [6.07, 6.45) is 2.22. The number of rotatable bonds is 5. The topological polar surface area (TPSA) is 100 Å². The zero-order valence-corrected chi connectivity index (χ0v) is 24.0. The molecular formula is C35H30N4O5. The van der Waals surface area contributed by atoms with Crippen LogP contribution in [0.15, 0.2) is 72.8 Å². The van der Waals surface area contributed by atoms with E-state index < -0.39 is 5.97 Å². The van der Waals surface area contributed by atoms with Crippen molar-refractivity contribution in [3.05, 3.63) is 118 Å². The molecule has 9 nitrogen and oxygen atoms in total. The number of aromatic nitrogens is 3. The molecule has 0 spiro atoms. The van der Waals surface area contributed by atoms with Crippen LogP contribution in [0.4, 0.5) is 5.69 Å². The lowest BCUT2D eigenvalue weighted by molar-refractivity contribution is -0.0589. The highest BCUT2D eigenvalue weighted by Crippen LogP contribution is 2.29. The Bertz CT molecular complexity index is 1920. The molecule has 5 aromatic rings. The van der Waals surface area contributed by atoms with E-state index in [9.17, 15) is 9.90 Å². The molecule has 220 valence electrons. The first kappa shape index (κ1) is 27.8. The van der Waals surface area contributed by atoms with Gasteiger partial charge in [-0.25, -0.2) is 19.6 Å². The Hall–Kier alpha value is -5.04. The van der Waals surface area contributed by atoms with E-state index in [1.807, 2.05) is 36.4 Å². The third kappa shape index (κ3) is 5.65. The van der Waals surface area contributed by atoms with Crippen LogP contribution in [0.3, 0.4) is 0 Å². The number of nitrogens with zero attached hydrogens (tertiary/aromatic N) is 4. The van der Waals surface area contributed by atoms with Crippen LogP contribution in [-0.2, 0) is 42.1 Å². The predicted molar refractivity (Wildman–Crippen MR) is 164 cm³/mol. The number of imidazole rings is 1. The van der Waals surface area contributed by atoms with E-state index in [-0.39, 0.29) is 11.7 Å². The van der Waals surface area contributed by atoms with Gasteiger partial charge in [-0.15, -0.1) is 0 Å². The first-order valence-electron chi connectivity index (χ1n) is 14.7. The number of hydrogen-bond acceptors (Lipinski definition) is 6. The summed E-state index contributed by atoms with van der Waals surface area (Å²) < 4.78 is 20.2. The fourth-order valence-electron chi connectivity index (χ4n) is 5.77. The second-order valence-electron chi connectivity index (χ2n) is 11.1. The maximum absolute atomic E-state index is 11.7. The quantitative estimate of drug-likeness (QED) is 0.239. The van der Waals surface area contributed by atoms with Crippen LogP contribution in [0.1, 0.15) is 44.9 Å². The van der Waals surface area contributed by atoms with Gasteiger partial charge < -0.3 is 23.9 Å². The molecule has 2 aliphatic rings. The van der Waals surface area contributed by atoms with Gasteiger partial charge in [0.25, 0.3) is 0 Å². The molecule has 1 N–H and O–H groups in total. The molecule has 7 rings (SSSR count). The SMILES string of the molecule is [C-]#[N+]c1ccc2c(c1)CCOCc1cc(ccc1Cc1nc3ccc(C(=O)O)cc3n1C[C@@H]1CCO1)-c1cccc(n1)OC2. The normalized spacial score (nSPS) is 16.2. The highest BCUT2D eigenvalue weighted by atomic mass is 16.5. The van der Waals surface area contributed by atoms with Crippen molar-refractivity contribution >= 4 is 22.7 Å². The molecule has 3 aromatic carbocycles. The van der Waals surface area contributed by atoms with Gasteiger partial charge in [-0.3, -0.25) is 0 Å². The van der Waals surface area contributed by atoms with E-state index in [0.29, 0.717) is 50.8 Å². The minimum Gasteiger partial charge on any atom is -0.478 e. The number of hydrogen-bond donors (Lipinski definition) is 1. The first-order chi connectivity index (χ1) is 21.5. The molecule has 44 heavy (non-hydrogen) atoms. The monoisotopic (exact) mass is 586 g/mol. The molecule has 4 heterocycles. The van der Waals surface area contributed by atoms with Crippen molar-refractivity contribution in [1.29, 1.82) is 0 Å². The summed E-state index contributed by atoms with van der Waals surface area (Å²) in [5.41, 5.74) is 8.23. The predicted octanol–water partition coefficient (Wildman–Crippen LogP) is 6.38. The molecule has 1 atom stereocenters. The molecule has 9 heteroatoms. The minimum atomic E-state index is -0.966. The summed E-state index contributed by atoms with van der Waals surface area (Å²) in [5.74, 6) is 0.414. The van der Waals surface area contributed by atoms with Crippen molar-refractivity contribution < 1.29 is 24.1 Å². The lowest BCUT2D eigenvalue weighted by atomic mass is 9.99. The van der Waals surface area contributed by atoms with Gasteiger partial charge in [0.05, 0.1) is 54.7 Å². The number of ether oxygens (including phenoxy) is 3. The third-order valence-electron chi connectivity index (χ3n) is 8.30. The van der Waals surface area contributed by atoms with Crippen molar-refractivity contribution in [1.82, 2.24) is 14.5 Å². The standard InChI is InChI=1S/C35H30N4O5/c1-36-28-9-7-26-21-44-34-4-2-3-30(38-34)24-6-5-22(27(15-24)20-42-13-11-23(26)16-28)18-33-37-31-10-8-25(35(40)41)17-32(31)39(33)19-29-12-14-43-29/h2-10,15-17,29H,11-14,18-21H2,(H,40,41)/t29-/m0/s1. The summed E-state index contributed by atoms with van der Waals surface area (Å²) in [6.45, 7) is 10.0. The highest BCUT2D eigenvalue weighted by Gasteiger charge is 2.23. The first-order valence-corrected chi connectivity index (χ1v) is 14.7. The van der Waals surface area contributed by atoms with Crippen molar-refractivity contribution in [2.45, 2.75) is 45.1 Å². The third-order valence-corrected chi connectivity index (χ3v) is 8.30. The molecule has 1 fully saturated rings. The molecule has 2 aliphatic heterocycles. The number of fused-ring (bicyclic) bond motifs is 7. The van der Waals surface area contributed by atoms with Gasteiger partial charge in [0, 0.05) is 24.7 Å². The molecule has 0 amide bonds. The molecular weight excluding hydrogens is 556 g/mol.